The van der Waals surface area contributed by atoms with Crippen LogP contribution in [0.2, 0.25) is 0 Å². The minimum absolute atomic E-state index is 0.0154. The van der Waals surface area contributed by atoms with Gasteiger partial charge in [0.25, 0.3) is 0 Å². The summed E-state index contributed by atoms with van der Waals surface area (Å²) in [5.74, 6) is 0.0154. The van der Waals surface area contributed by atoms with Crippen LogP contribution in [0, 0.1) is 5.41 Å². The second kappa shape index (κ2) is 5.22. The fraction of sp³-hybridized carbons (Fsp3) is 0.250. The molecule has 19 heavy (non-hydrogen) atoms. The Morgan fingerprint density at radius 3 is 2.26 bits per heavy atom. The summed E-state index contributed by atoms with van der Waals surface area (Å²) in [7, 11) is 0. The van der Waals surface area contributed by atoms with Gasteiger partial charge in [-0.05, 0) is 29.3 Å². The van der Waals surface area contributed by atoms with E-state index >= 15 is 0 Å². The summed E-state index contributed by atoms with van der Waals surface area (Å²) in [5.41, 5.74) is 2.58. The number of aromatic nitrogens is 1. The Bertz CT molecular complexity index is 554. The molecule has 1 amide bonds. The van der Waals surface area contributed by atoms with Crippen LogP contribution >= 0.6 is 0 Å². The van der Waals surface area contributed by atoms with Crippen molar-refractivity contribution < 1.29 is 4.79 Å². The number of pyridine rings is 1. The molecule has 1 heterocycles. The van der Waals surface area contributed by atoms with Crippen molar-refractivity contribution in [2.24, 2.45) is 5.41 Å². The Kier molecular flexibility index (Phi) is 3.65. The lowest BCUT2D eigenvalue weighted by Crippen LogP contribution is -2.27. The molecular weight excluding hydrogens is 236 g/mol. The third-order valence-electron chi connectivity index (χ3n) is 2.82. The minimum atomic E-state index is -0.387. The fourth-order valence-corrected chi connectivity index (χ4v) is 1.60. The van der Waals surface area contributed by atoms with Crippen molar-refractivity contribution in [2.75, 3.05) is 5.32 Å². The van der Waals surface area contributed by atoms with Crippen LogP contribution in [0.4, 0.5) is 5.69 Å². The number of carbonyl (C=O) groups is 1. The van der Waals surface area contributed by atoms with E-state index in [4.69, 9.17) is 0 Å². The highest BCUT2D eigenvalue weighted by Gasteiger charge is 2.20. The molecule has 2 rings (SSSR count). The van der Waals surface area contributed by atoms with Gasteiger partial charge in [0.1, 0.15) is 0 Å². The van der Waals surface area contributed by atoms with Gasteiger partial charge in [-0.2, -0.15) is 0 Å². The van der Waals surface area contributed by atoms with E-state index in [9.17, 15) is 4.79 Å². The molecule has 0 saturated carbocycles. The molecule has 0 fully saturated rings. The average molecular weight is 254 g/mol. The van der Waals surface area contributed by atoms with Gasteiger partial charge in [-0.15, -0.1) is 0 Å². The quantitative estimate of drug-likeness (QED) is 0.887. The number of carbonyl (C=O) groups excluding carboxylic acids is 1. The molecule has 1 aromatic carbocycles. The predicted molar refractivity (Wildman–Crippen MR) is 77.8 cm³/mol. The van der Waals surface area contributed by atoms with Crippen LogP contribution in [-0.2, 0) is 4.79 Å². The molecule has 0 saturated heterocycles. The van der Waals surface area contributed by atoms with Crippen molar-refractivity contribution in [1.29, 1.82) is 0 Å². The first-order chi connectivity index (χ1) is 8.97. The van der Waals surface area contributed by atoms with Gasteiger partial charge in [0.2, 0.25) is 5.91 Å². The largest absolute Gasteiger partial charge is 0.326 e. The standard InChI is InChI=1S/C16H18N2O/c1-16(2,3)15(19)18-14-8-6-12(7-9-14)13-5-4-10-17-11-13/h4-11H,1-3H3,(H,18,19). The van der Waals surface area contributed by atoms with E-state index < -0.39 is 0 Å². The number of amides is 1. The summed E-state index contributed by atoms with van der Waals surface area (Å²) in [5, 5.41) is 2.91. The minimum Gasteiger partial charge on any atom is -0.326 e. The first kappa shape index (κ1) is 13.3. The van der Waals surface area contributed by atoms with Crippen molar-refractivity contribution in [3.8, 4) is 11.1 Å². The zero-order valence-corrected chi connectivity index (χ0v) is 11.5. The molecule has 0 radical (unpaired) electrons. The van der Waals surface area contributed by atoms with Gasteiger partial charge < -0.3 is 5.32 Å². The van der Waals surface area contributed by atoms with Crippen molar-refractivity contribution in [3.63, 3.8) is 0 Å². The van der Waals surface area contributed by atoms with Crippen molar-refractivity contribution >= 4 is 11.6 Å². The second-order valence-electron chi connectivity index (χ2n) is 5.52. The molecule has 2 aromatic rings. The Hall–Kier alpha value is -2.16. The Labute approximate surface area is 113 Å². The maximum atomic E-state index is 11.9. The molecule has 0 atom stereocenters. The normalized spacial score (nSPS) is 11.1. The van der Waals surface area contributed by atoms with Gasteiger partial charge in [-0.3, -0.25) is 9.78 Å². The van der Waals surface area contributed by atoms with Crippen molar-refractivity contribution in [1.82, 2.24) is 4.98 Å². The summed E-state index contributed by atoms with van der Waals surface area (Å²) >= 11 is 0. The average Bonchev–Trinajstić information content (AvgIpc) is 2.39. The smallest absolute Gasteiger partial charge is 0.229 e. The number of nitrogens with zero attached hydrogens (tertiary/aromatic N) is 1. The number of rotatable bonds is 2. The lowest BCUT2D eigenvalue weighted by molar-refractivity contribution is -0.123. The van der Waals surface area contributed by atoms with Crippen LogP contribution in [-0.4, -0.2) is 10.9 Å². The number of hydrogen-bond acceptors (Lipinski definition) is 2. The fourth-order valence-electron chi connectivity index (χ4n) is 1.60. The van der Waals surface area contributed by atoms with Gasteiger partial charge in [0.15, 0.2) is 0 Å². The van der Waals surface area contributed by atoms with E-state index in [-0.39, 0.29) is 11.3 Å². The summed E-state index contributed by atoms with van der Waals surface area (Å²) in [6.07, 6.45) is 3.57. The van der Waals surface area contributed by atoms with Crippen LogP contribution in [0.25, 0.3) is 11.1 Å². The van der Waals surface area contributed by atoms with E-state index in [2.05, 4.69) is 10.3 Å². The highest BCUT2D eigenvalue weighted by atomic mass is 16.2. The molecule has 0 bridgehead atoms. The number of benzene rings is 1. The summed E-state index contributed by atoms with van der Waals surface area (Å²) in [6, 6.07) is 11.7. The molecule has 3 heteroatoms. The lowest BCUT2D eigenvalue weighted by atomic mass is 9.95. The first-order valence-corrected chi connectivity index (χ1v) is 6.29. The van der Waals surface area contributed by atoms with E-state index in [0.717, 1.165) is 16.8 Å². The van der Waals surface area contributed by atoms with Gasteiger partial charge in [0.05, 0.1) is 0 Å². The topological polar surface area (TPSA) is 42.0 Å². The van der Waals surface area contributed by atoms with Gasteiger partial charge >= 0.3 is 0 Å². The van der Waals surface area contributed by atoms with E-state index in [0.29, 0.717) is 0 Å². The third-order valence-corrected chi connectivity index (χ3v) is 2.82. The number of anilines is 1. The Morgan fingerprint density at radius 2 is 1.74 bits per heavy atom. The predicted octanol–water partition coefficient (Wildman–Crippen LogP) is 3.73. The van der Waals surface area contributed by atoms with Crippen LogP contribution in [0.1, 0.15) is 20.8 Å². The number of hydrogen-bond donors (Lipinski definition) is 1. The highest BCUT2D eigenvalue weighted by Crippen LogP contribution is 2.22. The Balaban J connectivity index is 2.14. The molecule has 0 aliphatic carbocycles. The Morgan fingerprint density at radius 1 is 1.05 bits per heavy atom. The van der Waals surface area contributed by atoms with Gasteiger partial charge in [-0.1, -0.05) is 39.0 Å². The molecule has 3 nitrogen and oxygen atoms in total. The zero-order valence-electron chi connectivity index (χ0n) is 11.5. The van der Waals surface area contributed by atoms with Crippen LogP contribution in [0.3, 0.4) is 0 Å². The van der Waals surface area contributed by atoms with E-state index in [1.807, 2.05) is 63.4 Å². The lowest BCUT2D eigenvalue weighted by Gasteiger charge is -2.17. The SMILES string of the molecule is CC(C)(C)C(=O)Nc1ccc(-c2cccnc2)cc1. The maximum Gasteiger partial charge on any atom is 0.229 e. The monoisotopic (exact) mass is 254 g/mol. The second-order valence-corrected chi connectivity index (χ2v) is 5.52. The molecule has 0 spiro atoms. The molecule has 1 aromatic heterocycles. The molecular formula is C16H18N2O. The maximum absolute atomic E-state index is 11.9. The molecule has 0 aliphatic heterocycles. The molecule has 0 aliphatic rings. The summed E-state index contributed by atoms with van der Waals surface area (Å²) in [4.78, 5) is 16.0. The van der Waals surface area contributed by atoms with Crippen LogP contribution in [0.15, 0.2) is 48.8 Å². The van der Waals surface area contributed by atoms with Crippen LogP contribution < -0.4 is 5.32 Å². The van der Waals surface area contributed by atoms with E-state index in [1.54, 1.807) is 6.20 Å². The molecule has 1 N–H and O–H groups in total. The van der Waals surface area contributed by atoms with E-state index in [1.165, 1.54) is 0 Å². The summed E-state index contributed by atoms with van der Waals surface area (Å²) < 4.78 is 0. The molecule has 0 unspecified atom stereocenters. The first-order valence-electron chi connectivity index (χ1n) is 6.29. The molecule has 98 valence electrons. The van der Waals surface area contributed by atoms with Gasteiger partial charge in [-0.25, -0.2) is 0 Å². The van der Waals surface area contributed by atoms with Crippen LogP contribution in [0.5, 0.6) is 0 Å². The van der Waals surface area contributed by atoms with Crippen molar-refractivity contribution in [2.45, 2.75) is 20.8 Å². The summed E-state index contributed by atoms with van der Waals surface area (Å²) in [6.45, 7) is 5.69. The third kappa shape index (κ3) is 3.41. The number of nitrogens with one attached hydrogen (secondary N) is 1. The van der Waals surface area contributed by atoms with Crippen molar-refractivity contribution in [3.05, 3.63) is 48.8 Å². The highest BCUT2D eigenvalue weighted by molar-refractivity contribution is 5.94. The van der Waals surface area contributed by atoms with Gasteiger partial charge in [0, 0.05) is 23.5 Å². The zero-order chi connectivity index (χ0) is 13.9.